The van der Waals surface area contributed by atoms with Gasteiger partial charge in [0.25, 0.3) is 0 Å². The van der Waals surface area contributed by atoms with Gasteiger partial charge in [0.2, 0.25) is 0 Å². The van der Waals surface area contributed by atoms with E-state index in [4.69, 9.17) is 19.7 Å². The molecule has 0 saturated heterocycles. The van der Waals surface area contributed by atoms with E-state index in [0.717, 1.165) is 11.4 Å². The maximum absolute atomic E-state index is 7.75. The summed E-state index contributed by atoms with van der Waals surface area (Å²) >= 11 is 0. The van der Waals surface area contributed by atoms with Gasteiger partial charge in [-0.15, -0.1) is 12.6 Å². The molecule has 6 nitrogen and oxygen atoms in total. The van der Waals surface area contributed by atoms with E-state index in [1.807, 2.05) is 12.3 Å². The van der Waals surface area contributed by atoms with Crippen LogP contribution in [0.2, 0.25) is 0 Å². The molecular weight excluding hydrogens is 536 g/mol. The molecule has 1 heterocycles. The van der Waals surface area contributed by atoms with E-state index in [-0.39, 0.29) is 17.1 Å². The van der Waals surface area contributed by atoms with Crippen LogP contribution in [0.3, 0.4) is 0 Å². The van der Waals surface area contributed by atoms with Gasteiger partial charge in [-0.1, -0.05) is 43.3 Å². The normalized spacial score (nSPS) is 16.2. The maximum atomic E-state index is 7.75. The van der Waals surface area contributed by atoms with Crippen molar-refractivity contribution in [1.29, 1.82) is 0 Å². The average Bonchev–Trinajstić information content (AvgIpc) is 3.46. The van der Waals surface area contributed by atoms with Gasteiger partial charge in [0, 0.05) is 48.7 Å². The van der Waals surface area contributed by atoms with Gasteiger partial charge in [0.1, 0.15) is 0 Å². The molecule has 1 aliphatic carbocycles. The summed E-state index contributed by atoms with van der Waals surface area (Å²) in [5, 5.41) is 8.19. The third-order valence-corrected chi connectivity index (χ3v) is 9.96. The summed E-state index contributed by atoms with van der Waals surface area (Å²) in [7, 11) is 3.28. The van der Waals surface area contributed by atoms with Crippen molar-refractivity contribution in [1.82, 2.24) is 4.98 Å². The Morgan fingerprint density at radius 1 is 0.895 bits per heavy atom. The molecule has 1 saturated carbocycles. The quantitative estimate of drug-likeness (QED) is 0.170. The van der Waals surface area contributed by atoms with E-state index in [1.165, 1.54) is 35.6 Å². The van der Waals surface area contributed by atoms with Crippen LogP contribution in [-0.4, -0.2) is 51.1 Å². The molecule has 205 valence electrons. The molecule has 1 aliphatic rings. The van der Waals surface area contributed by atoms with Crippen LogP contribution in [0.1, 0.15) is 31.9 Å². The topological polar surface area (TPSA) is 81.4 Å². The molecule has 0 aliphatic heterocycles. The first-order valence-electron chi connectivity index (χ1n) is 12.1. The van der Waals surface area contributed by atoms with Gasteiger partial charge in [0.05, 0.1) is 24.2 Å². The Balaban J connectivity index is 0.00000183. The van der Waals surface area contributed by atoms with Gasteiger partial charge < -0.3 is 24.6 Å². The Kier molecular flexibility index (Phi) is 18.9. The molecule has 0 N–H and O–H groups in total. The molecule has 8 heteroatoms. The number of anilines is 1. The summed E-state index contributed by atoms with van der Waals surface area (Å²) in [4.78, 5) is 29.9. The predicted molar refractivity (Wildman–Crippen MR) is 157 cm³/mol. The van der Waals surface area contributed by atoms with Crippen molar-refractivity contribution in [3.05, 3.63) is 90.0 Å². The molecule has 3 aromatic rings. The molecule has 3 atom stereocenters. The molecule has 1 aromatic heterocycles. The Hall–Kier alpha value is -2.69. The summed E-state index contributed by atoms with van der Waals surface area (Å²) in [6.45, 7) is 12.8. The van der Waals surface area contributed by atoms with Gasteiger partial charge in [-0.3, -0.25) is 25.4 Å². The van der Waals surface area contributed by atoms with Crippen molar-refractivity contribution >= 4 is 44.6 Å². The minimum Gasteiger partial charge on any atom is -0.654 e. The molecule has 0 amide bonds. The summed E-state index contributed by atoms with van der Waals surface area (Å²) in [6, 6.07) is 27.0. The second-order valence-corrected chi connectivity index (χ2v) is 11.6. The third kappa shape index (κ3) is 10.2. The number of aromatic nitrogens is 1. The van der Waals surface area contributed by atoms with Crippen molar-refractivity contribution in [3.63, 3.8) is 0 Å². The van der Waals surface area contributed by atoms with Crippen molar-refractivity contribution < 1.29 is 31.5 Å². The van der Waals surface area contributed by atoms with Crippen LogP contribution >= 0.6 is 7.92 Å². The molecule has 1 radical (unpaired) electrons. The zero-order valence-corrected chi connectivity index (χ0v) is 24.4. The Morgan fingerprint density at radius 3 is 1.92 bits per heavy atom. The van der Waals surface area contributed by atoms with Crippen LogP contribution in [0.4, 0.5) is 5.69 Å². The number of hydrogen-bond acceptors (Lipinski definition) is 5. The third-order valence-electron chi connectivity index (χ3n) is 6.59. The largest absolute Gasteiger partial charge is 0.654 e. The summed E-state index contributed by atoms with van der Waals surface area (Å²) in [5.41, 5.74) is 2.96. The smallest absolute Gasteiger partial charge is 0.0970 e. The maximum Gasteiger partial charge on any atom is 0.0970 e. The molecule has 1 fully saturated rings. The van der Waals surface area contributed by atoms with E-state index >= 15 is 0 Å². The monoisotopic (exact) mass is 573 g/mol. The van der Waals surface area contributed by atoms with Crippen LogP contribution in [0.5, 0.6) is 0 Å². The second-order valence-electron chi connectivity index (χ2n) is 8.83. The number of hydrogen-bond donors (Lipinski definition) is 0. The molecule has 2 aromatic carbocycles. The van der Waals surface area contributed by atoms with Gasteiger partial charge in [-0.2, -0.15) is 0 Å². The zero-order valence-electron chi connectivity index (χ0n) is 22.2. The SMILES string of the molecule is C[C@@H]([N-]Cc1cc(N(C)C)ccn1)C1CCCC1[PH+](c1ccccc1)c1ccccc1.[CH-]=O.[CH-]=O.[CH-]=O.[Mn]. The second kappa shape index (κ2) is 20.3. The number of benzene rings is 2. The minimum atomic E-state index is -0.852. The fourth-order valence-corrected chi connectivity index (χ4v) is 8.62. The fourth-order valence-electron chi connectivity index (χ4n) is 4.96. The van der Waals surface area contributed by atoms with Crippen molar-refractivity contribution in [2.24, 2.45) is 5.92 Å². The zero-order chi connectivity index (χ0) is 27.6. The number of nitrogens with zero attached hydrogens (tertiary/aromatic N) is 3. The first kappa shape index (κ1) is 35.3. The van der Waals surface area contributed by atoms with Crippen molar-refractivity contribution in [3.8, 4) is 0 Å². The summed E-state index contributed by atoms with van der Waals surface area (Å²) in [6.07, 6.45) is 5.82. The molecule has 38 heavy (non-hydrogen) atoms. The van der Waals surface area contributed by atoms with E-state index in [9.17, 15) is 0 Å². The molecule has 2 unspecified atom stereocenters. The first-order chi connectivity index (χ1) is 18.1. The Morgan fingerprint density at radius 2 is 1.42 bits per heavy atom. The van der Waals surface area contributed by atoms with E-state index < -0.39 is 7.92 Å². The van der Waals surface area contributed by atoms with Crippen LogP contribution in [-0.2, 0) is 38.0 Å². The predicted octanol–water partition coefficient (Wildman–Crippen LogP) is 4.62. The number of pyridine rings is 1. The number of rotatable bonds is 8. The Bertz CT molecular complexity index is 970. The van der Waals surface area contributed by atoms with Crippen molar-refractivity contribution in [2.75, 3.05) is 19.0 Å². The molecule has 0 spiro atoms. The van der Waals surface area contributed by atoms with Crippen LogP contribution in [0.15, 0.2) is 79.0 Å². The van der Waals surface area contributed by atoms with Crippen LogP contribution in [0.25, 0.3) is 5.32 Å². The van der Waals surface area contributed by atoms with E-state index in [0.29, 0.717) is 18.5 Å². The molecule has 4 rings (SSSR count). The van der Waals surface area contributed by atoms with Crippen LogP contribution in [0, 0.1) is 5.92 Å². The minimum absolute atomic E-state index is 0. The number of carbonyl (C=O) groups excluding carboxylic acids is 3. The first-order valence-corrected chi connectivity index (χ1v) is 13.7. The van der Waals surface area contributed by atoms with Crippen LogP contribution < -0.4 is 15.5 Å². The average molecular weight is 574 g/mol. The summed E-state index contributed by atoms with van der Waals surface area (Å²) < 4.78 is 0. The molecular formula is C30H37MnN3O3P-3. The van der Waals surface area contributed by atoms with E-state index in [2.05, 4.69) is 118 Å². The fraction of sp³-hybridized carbons (Fsp3) is 0.333. The van der Waals surface area contributed by atoms with E-state index in [1.54, 1.807) is 0 Å². The van der Waals surface area contributed by atoms with Gasteiger partial charge in [0.15, 0.2) is 0 Å². The molecule has 0 bridgehead atoms. The Labute approximate surface area is 239 Å². The van der Waals surface area contributed by atoms with Gasteiger partial charge >= 0.3 is 0 Å². The standard InChI is InChI=1S/C27H33N3P.3CHO.Mn/c1-21(29-20-22-19-23(30(2)3)17-18-28-22)26-15-10-16-27(26)31(24-11-6-4-7-12-24)25-13-8-5-9-14-25;3*1-2;/h4-9,11-14,17-19,21,26-27H,10,15-16,20H2,1-3H3;3*1H;/q4*-1;/p+1/t21-,26?,27?;;;;/m1..../s1. The van der Waals surface area contributed by atoms with Gasteiger partial charge in [-0.25, -0.2) is 0 Å². The summed E-state index contributed by atoms with van der Waals surface area (Å²) in [5.74, 6) is 0.645. The van der Waals surface area contributed by atoms with Crippen molar-refractivity contribution in [2.45, 2.75) is 44.4 Å². The van der Waals surface area contributed by atoms with Gasteiger partial charge in [-0.05, 0) is 61.6 Å².